The predicted molar refractivity (Wildman–Crippen MR) is 75.8 cm³/mol. The Bertz CT molecular complexity index is 574. The Hall–Kier alpha value is -1.62. The first kappa shape index (κ1) is 12.4. The Morgan fingerprint density at radius 3 is 2.95 bits per heavy atom. The molecule has 0 spiro atoms. The van der Waals surface area contributed by atoms with Crippen molar-refractivity contribution in [3.8, 4) is 0 Å². The maximum Gasteiger partial charge on any atom is 0.157 e. The number of nitrogen functional groups attached to an aromatic ring is 1. The Morgan fingerprint density at radius 2 is 2.21 bits per heavy atom. The highest BCUT2D eigenvalue weighted by Crippen LogP contribution is 2.32. The fraction of sp³-hybridized carbons (Fsp3) is 0.571. The zero-order valence-corrected chi connectivity index (χ0v) is 11.6. The van der Waals surface area contributed by atoms with Gasteiger partial charge in [-0.2, -0.15) is 9.61 Å². The van der Waals surface area contributed by atoms with Crippen molar-refractivity contribution in [3.63, 3.8) is 0 Å². The standard InChI is InChI=1S/C14H21N5/c1-10(2)18-8-4-3-5-12(18)11-9-14-16-7-6-13(15)19(14)17-11/h6-7,9-10,12H,3-5,8,15H2,1-2H3. The quantitative estimate of drug-likeness (QED) is 0.898. The zero-order valence-electron chi connectivity index (χ0n) is 11.6. The monoisotopic (exact) mass is 259 g/mol. The Labute approximate surface area is 113 Å². The van der Waals surface area contributed by atoms with Crippen molar-refractivity contribution in [1.82, 2.24) is 19.5 Å². The highest BCUT2D eigenvalue weighted by atomic mass is 15.3. The van der Waals surface area contributed by atoms with E-state index in [9.17, 15) is 0 Å². The van der Waals surface area contributed by atoms with Gasteiger partial charge >= 0.3 is 0 Å². The molecule has 2 aromatic heterocycles. The van der Waals surface area contributed by atoms with Crippen LogP contribution in [0.4, 0.5) is 5.82 Å². The molecule has 1 fully saturated rings. The first-order valence-corrected chi connectivity index (χ1v) is 7.02. The lowest BCUT2D eigenvalue weighted by atomic mass is 9.98. The highest BCUT2D eigenvalue weighted by molar-refractivity contribution is 5.46. The molecule has 1 atom stereocenters. The maximum absolute atomic E-state index is 5.94. The third-order valence-corrected chi connectivity index (χ3v) is 3.96. The summed E-state index contributed by atoms with van der Waals surface area (Å²) in [5.41, 5.74) is 7.87. The van der Waals surface area contributed by atoms with Crippen molar-refractivity contribution in [1.29, 1.82) is 0 Å². The second-order valence-corrected chi connectivity index (χ2v) is 5.55. The van der Waals surface area contributed by atoms with E-state index in [1.165, 1.54) is 19.3 Å². The average Bonchev–Trinajstić information content (AvgIpc) is 2.84. The molecule has 1 aliphatic rings. The van der Waals surface area contributed by atoms with Crippen molar-refractivity contribution in [3.05, 3.63) is 24.0 Å². The first-order chi connectivity index (χ1) is 9.16. The van der Waals surface area contributed by atoms with Crippen LogP contribution in [0.3, 0.4) is 0 Å². The van der Waals surface area contributed by atoms with Gasteiger partial charge in [0, 0.05) is 18.3 Å². The van der Waals surface area contributed by atoms with E-state index in [1.54, 1.807) is 16.8 Å². The fourth-order valence-corrected chi connectivity index (χ4v) is 2.98. The van der Waals surface area contributed by atoms with Gasteiger partial charge in [-0.25, -0.2) is 4.98 Å². The van der Waals surface area contributed by atoms with E-state index in [0.717, 1.165) is 17.9 Å². The van der Waals surface area contributed by atoms with Gasteiger partial charge in [0.2, 0.25) is 0 Å². The van der Waals surface area contributed by atoms with Crippen molar-refractivity contribution < 1.29 is 0 Å². The van der Waals surface area contributed by atoms with Crippen LogP contribution < -0.4 is 5.73 Å². The third-order valence-electron chi connectivity index (χ3n) is 3.96. The Balaban J connectivity index is 2.00. The lowest BCUT2D eigenvalue weighted by Crippen LogP contribution is -2.38. The number of aromatic nitrogens is 3. The number of hydrogen-bond acceptors (Lipinski definition) is 4. The zero-order chi connectivity index (χ0) is 13.4. The van der Waals surface area contributed by atoms with Crippen molar-refractivity contribution in [2.75, 3.05) is 12.3 Å². The van der Waals surface area contributed by atoms with E-state index < -0.39 is 0 Å². The van der Waals surface area contributed by atoms with Crippen LogP contribution in [-0.2, 0) is 0 Å². The SMILES string of the molecule is CC(C)N1CCCCC1c1cc2nccc(N)n2n1. The second-order valence-electron chi connectivity index (χ2n) is 5.55. The Morgan fingerprint density at radius 1 is 1.37 bits per heavy atom. The molecule has 2 N–H and O–H groups in total. The summed E-state index contributed by atoms with van der Waals surface area (Å²) in [5.74, 6) is 0.642. The summed E-state index contributed by atoms with van der Waals surface area (Å²) in [7, 11) is 0. The summed E-state index contributed by atoms with van der Waals surface area (Å²) in [4.78, 5) is 6.86. The molecule has 102 valence electrons. The minimum Gasteiger partial charge on any atom is -0.384 e. The molecule has 0 saturated carbocycles. The van der Waals surface area contributed by atoms with Gasteiger partial charge in [-0.15, -0.1) is 0 Å². The number of anilines is 1. The normalized spacial score (nSPS) is 21.3. The third kappa shape index (κ3) is 2.18. The molecule has 5 heteroatoms. The summed E-state index contributed by atoms with van der Waals surface area (Å²) in [6.45, 7) is 5.65. The van der Waals surface area contributed by atoms with Gasteiger partial charge in [-0.05, 0) is 39.3 Å². The van der Waals surface area contributed by atoms with E-state index >= 15 is 0 Å². The molecule has 3 rings (SSSR count). The van der Waals surface area contributed by atoms with Crippen LogP contribution in [0.2, 0.25) is 0 Å². The van der Waals surface area contributed by atoms with Gasteiger partial charge in [0.15, 0.2) is 5.65 Å². The highest BCUT2D eigenvalue weighted by Gasteiger charge is 2.28. The fourth-order valence-electron chi connectivity index (χ4n) is 2.98. The topological polar surface area (TPSA) is 59.5 Å². The number of hydrogen-bond donors (Lipinski definition) is 1. The molecule has 0 bridgehead atoms. The van der Waals surface area contributed by atoms with Crippen molar-refractivity contribution in [2.45, 2.75) is 45.2 Å². The van der Waals surface area contributed by atoms with E-state index in [0.29, 0.717) is 17.9 Å². The lowest BCUT2D eigenvalue weighted by molar-refractivity contribution is 0.109. The van der Waals surface area contributed by atoms with E-state index in [1.807, 2.05) is 0 Å². The smallest absolute Gasteiger partial charge is 0.157 e. The van der Waals surface area contributed by atoms with Gasteiger partial charge in [0.1, 0.15) is 5.82 Å². The van der Waals surface area contributed by atoms with Gasteiger partial charge in [-0.1, -0.05) is 6.42 Å². The molecular weight excluding hydrogens is 238 g/mol. The summed E-state index contributed by atoms with van der Waals surface area (Å²) >= 11 is 0. The summed E-state index contributed by atoms with van der Waals surface area (Å²) in [5, 5.41) is 4.66. The van der Waals surface area contributed by atoms with Crippen LogP contribution in [0, 0.1) is 0 Å². The first-order valence-electron chi connectivity index (χ1n) is 7.02. The summed E-state index contributed by atoms with van der Waals surface area (Å²) in [6, 6.07) is 4.79. The predicted octanol–water partition coefficient (Wildman–Crippen LogP) is 2.25. The number of piperidine rings is 1. The molecule has 0 aromatic carbocycles. The number of nitrogens with zero attached hydrogens (tertiary/aromatic N) is 4. The largest absolute Gasteiger partial charge is 0.384 e. The minimum absolute atomic E-state index is 0.398. The average molecular weight is 259 g/mol. The lowest BCUT2D eigenvalue weighted by Gasteiger charge is -2.37. The minimum atomic E-state index is 0.398. The Kier molecular flexibility index (Phi) is 3.14. The molecule has 5 nitrogen and oxygen atoms in total. The van der Waals surface area contributed by atoms with E-state index in [4.69, 9.17) is 5.73 Å². The van der Waals surface area contributed by atoms with Crippen LogP contribution in [0.1, 0.15) is 44.8 Å². The summed E-state index contributed by atoms with van der Waals surface area (Å²) < 4.78 is 1.74. The van der Waals surface area contributed by atoms with Crippen LogP contribution in [-0.4, -0.2) is 32.1 Å². The number of likely N-dealkylation sites (tertiary alicyclic amines) is 1. The number of nitrogens with two attached hydrogens (primary N) is 1. The molecule has 0 radical (unpaired) electrons. The molecule has 3 heterocycles. The van der Waals surface area contributed by atoms with E-state index in [-0.39, 0.29) is 0 Å². The van der Waals surface area contributed by atoms with Gasteiger partial charge in [0.05, 0.1) is 11.7 Å². The molecule has 1 unspecified atom stereocenters. The van der Waals surface area contributed by atoms with Crippen LogP contribution >= 0.6 is 0 Å². The van der Waals surface area contributed by atoms with Crippen LogP contribution in [0.15, 0.2) is 18.3 Å². The second kappa shape index (κ2) is 4.81. The van der Waals surface area contributed by atoms with E-state index in [2.05, 4.69) is 34.9 Å². The van der Waals surface area contributed by atoms with Crippen LogP contribution in [0.25, 0.3) is 5.65 Å². The van der Waals surface area contributed by atoms with Crippen LogP contribution in [0.5, 0.6) is 0 Å². The van der Waals surface area contributed by atoms with Gasteiger partial charge in [0.25, 0.3) is 0 Å². The van der Waals surface area contributed by atoms with Gasteiger partial charge in [-0.3, -0.25) is 4.90 Å². The molecule has 19 heavy (non-hydrogen) atoms. The van der Waals surface area contributed by atoms with Gasteiger partial charge < -0.3 is 5.73 Å². The number of fused-ring (bicyclic) bond motifs is 1. The molecule has 0 aliphatic carbocycles. The molecule has 0 amide bonds. The van der Waals surface area contributed by atoms with Crippen molar-refractivity contribution >= 4 is 11.5 Å². The number of rotatable bonds is 2. The molecule has 2 aromatic rings. The summed E-state index contributed by atoms with van der Waals surface area (Å²) in [6.07, 6.45) is 5.45. The van der Waals surface area contributed by atoms with Crippen molar-refractivity contribution in [2.24, 2.45) is 0 Å². The molecule has 1 saturated heterocycles. The molecule has 1 aliphatic heterocycles. The maximum atomic E-state index is 5.94. The molecular formula is C14H21N5.